The van der Waals surface area contributed by atoms with Gasteiger partial charge < -0.3 is 20.9 Å². The molecule has 7 nitrogen and oxygen atoms in total. The van der Waals surface area contributed by atoms with Crippen LogP contribution in [0.2, 0.25) is 0 Å². The number of carbonyl (C=O) groups is 3. The molecule has 7 heteroatoms. The summed E-state index contributed by atoms with van der Waals surface area (Å²) in [6, 6.07) is 0. The molecule has 3 unspecified atom stereocenters. The van der Waals surface area contributed by atoms with Crippen LogP contribution in [0.3, 0.4) is 0 Å². The summed E-state index contributed by atoms with van der Waals surface area (Å²) >= 11 is 0. The zero-order valence-corrected chi connectivity index (χ0v) is 46.2. The minimum atomic E-state index is -0.377. The summed E-state index contributed by atoms with van der Waals surface area (Å²) in [4.78, 5) is 44.1. The number of rotatable bonds is 48. The van der Waals surface area contributed by atoms with E-state index in [0.29, 0.717) is 49.0 Å². The molecule has 0 aliphatic carbocycles. The molecule has 0 aromatic carbocycles. The first-order chi connectivity index (χ1) is 32.6. The molecule has 0 bridgehead atoms. The van der Waals surface area contributed by atoms with Crippen molar-refractivity contribution in [3.63, 3.8) is 0 Å². The highest BCUT2D eigenvalue weighted by atomic mass is 16.2. The molecular weight excluding hydrogens is 825 g/mol. The van der Waals surface area contributed by atoms with Gasteiger partial charge in [0, 0.05) is 32.3 Å². The maximum Gasteiger partial charge on any atom is 0.254 e. The van der Waals surface area contributed by atoms with Gasteiger partial charge in [-0.2, -0.15) is 0 Å². The summed E-state index contributed by atoms with van der Waals surface area (Å²) in [5, 5.41) is 10.2. The summed E-state index contributed by atoms with van der Waals surface area (Å²) in [6.07, 6.45) is 48.1. The minimum absolute atomic E-state index is 0.0107. The molecule has 392 valence electrons. The van der Waals surface area contributed by atoms with Crippen molar-refractivity contribution in [2.24, 2.45) is 17.8 Å². The van der Waals surface area contributed by atoms with Crippen molar-refractivity contribution in [3.8, 4) is 0 Å². The minimum Gasteiger partial charge on any atom is -0.355 e. The standard InChI is InChI=1S/C60H114N4O3/c1-10-17-21-23-25-27-28-29-30-31-32-33-34-35-37-39-41-47-64(9)60(67)56(16-7)57(59(66)63-51-54(15-6)43-20-13-4)49-55(44-46-61-45-40-38-36-26-24-22-18-11-2)48-52(8)58(65)62-50-53(14-5)42-19-12-3/h16,48-49,52-54,61H,10-15,17-47,50-51H2,1-9H3,(H,62,65)(H,63,66)/b55-48?,56-16+,57-49+. The van der Waals surface area contributed by atoms with Crippen LogP contribution in [-0.2, 0) is 14.4 Å². The van der Waals surface area contributed by atoms with Gasteiger partial charge in [0.25, 0.3) is 11.8 Å². The maximum atomic E-state index is 14.4. The van der Waals surface area contributed by atoms with Gasteiger partial charge in [0.1, 0.15) is 0 Å². The fraction of sp³-hybridized carbons (Fsp3) is 0.850. The molecule has 0 rings (SSSR count). The van der Waals surface area contributed by atoms with Gasteiger partial charge in [0.15, 0.2) is 0 Å². The molecule has 0 heterocycles. The topological polar surface area (TPSA) is 90.5 Å². The molecule has 3 amide bonds. The second kappa shape index (κ2) is 47.3. The molecule has 0 fully saturated rings. The molecular formula is C60H114N4O3. The lowest BCUT2D eigenvalue weighted by Crippen LogP contribution is -2.35. The number of carbonyl (C=O) groups excluding carboxylic acids is 3. The van der Waals surface area contributed by atoms with Crippen LogP contribution in [0, 0.1) is 17.8 Å². The van der Waals surface area contributed by atoms with Gasteiger partial charge in [-0.05, 0) is 75.6 Å². The zero-order chi connectivity index (χ0) is 49.6. The van der Waals surface area contributed by atoms with Crippen LogP contribution in [0.5, 0.6) is 0 Å². The van der Waals surface area contributed by atoms with Gasteiger partial charge in [0.05, 0.1) is 11.5 Å². The van der Waals surface area contributed by atoms with Crippen molar-refractivity contribution in [2.75, 3.05) is 39.8 Å². The fourth-order valence-electron chi connectivity index (χ4n) is 9.19. The molecule has 3 atom stereocenters. The fourth-order valence-corrected chi connectivity index (χ4v) is 9.19. The van der Waals surface area contributed by atoms with Crippen LogP contribution in [0.15, 0.2) is 34.9 Å². The van der Waals surface area contributed by atoms with Crippen LogP contribution in [0.4, 0.5) is 0 Å². The van der Waals surface area contributed by atoms with E-state index in [1.54, 1.807) is 0 Å². The van der Waals surface area contributed by atoms with Crippen LogP contribution in [0.25, 0.3) is 0 Å². The number of hydrogen-bond donors (Lipinski definition) is 3. The number of likely N-dealkylation sites (N-methyl/N-ethyl adjacent to an activating group) is 1. The smallest absolute Gasteiger partial charge is 0.254 e. The van der Waals surface area contributed by atoms with E-state index in [0.717, 1.165) is 82.9 Å². The van der Waals surface area contributed by atoms with Crippen molar-refractivity contribution >= 4 is 17.7 Å². The van der Waals surface area contributed by atoms with Crippen molar-refractivity contribution in [2.45, 2.75) is 274 Å². The van der Waals surface area contributed by atoms with E-state index in [4.69, 9.17) is 0 Å². The highest BCUT2D eigenvalue weighted by molar-refractivity contribution is 6.11. The number of allylic oxidation sites excluding steroid dienone is 2. The molecule has 0 aromatic rings. The van der Waals surface area contributed by atoms with Gasteiger partial charge in [-0.3, -0.25) is 14.4 Å². The number of nitrogens with zero attached hydrogens (tertiary/aromatic N) is 1. The first-order valence-electron chi connectivity index (χ1n) is 29.2. The second-order valence-electron chi connectivity index (χ2n) is 20.4. The van der Waals surface area contributed by atoms with Crippen LogP contribution >= 0.6 is 0 Å². The highest BCUT2D eigenvalue weighted by Crippen LogP contribution is 2.22. The second-order valence-corrected chi connectivity index (χ2v) is 20.4. The lowest BCUT2D eigenvalue weighted by atomic mass is 9.95. The molecule has 0 aliphatic rings. The van der Waals surface area contributed by atoms with E-state index in [2.05, 4.69) is 57.5 Å². The zero-order valence-electron chi connectivity index (χ0n) is 46.2. The molecule has 0 aliphatic heterocycles. The molecule has 0 aromatic heterocycles. The third kappa shape index (κ3) is 36.2. The Morgan fingerprint density at radius 1 is 0.507 bits per heavy atom. The third-order valence-electron chi connectivity index (χ3n) is 14.2. The van der Waals surface area contributed by atoms with Crippen molar-refractivity contribution in [3.05, 3.63) is 34.9 Å². The third-order valence-corrected chi connectivity index (χ3v) is 14.2. The molecule has 67 heavy (non-hydrogen) atoms. The van der Waals surface area contributed by atoms with E-state index in [9.17, 15) is 14.4 Å². The van der Waals surface area contributed by atoms with Gasteiger partial charge in [0.2, 0.25) is 5.91 Å². The summed E-state index contributed by atoms with van der Waals surface area (Å²) in [5.41, 5.74) is 1.75. The lowest BCUT2D eigenvalue weighted by molar-refractivity contribution is -0.126. The van der Waals surface area contributed by atoms with Crippen molar-refractivity contribution < 1.29 is 14.4 Å². The Morgan fingerprint density at radius 3 is 1.36 bits per heavy atom. The van der Waals surface area contributed by atoms with Gasteiger partial charge in [-0.15, -0.1) is 0 Å². The number of hydrogen-bond acceptors (Lipinski definition) is 4. The highest BCUT2D eigenvalue weighted by Gasteiger charge is 2.24. The van der Waals surface area contributed by atoms with Gasteiger partial charge in [-0.25, -0.2) is 0 Å². The molecule has 0 saturated carbocycles. The Balaban J connectivity index is 5.87. The summed E-state index contributed by atoms with van der Waals surface area (Å²) < 4.78 is 0. The summed E-state index contributed by atoms with van der Waals surface area (Å²) in [5.74, 6) is 0.173. The quantitative estimate of drug-likeness (QED) is 0.0322. The first kappa shape index (κ1) is 64.6. The largest absolute Gasteiger partial charge is 0.355 e. The Morgan fingerprint density at radius 2 is 0.925 bits per heavy atom. The van der Waals surface area contributed by atoms with Crippen LogP contribution < -0.4 is 16.0 Å². The number of amides is 3. The predicted octanol–water partition coefficient (Wildman–Crippen LogP) is 16.3. The van der Waals surface area contributed by atoms with Crippen LogP contribution in [0.1, 0.15) is 274 Å². The Bertz CT molecular complexity index is 1270. The average Bonchev–Trinajstić information content (AvgIpc) is 3.33. The first-order valence-corrected chi connectivity index (χ1v) is 29.2. The van der Waals surface area contributed by atoms with E-state index in [1.807, 2.05) is 44.0 Å². The Labute approximate surface area is 417 Å². The monoisotopic (exact) mass is 939 g/mol. The van der Waals surface area contributed by atoms with E-state index >= 15 is 0 Å². The van der Waals surface area contributed by atoms with Gasteiger partial charge in [-0.1, -0.05) is 247 Å². The summed E-state index contributed by atoms with van der Waals surface area (Å²) in [6.45, 7) is 20.8. The predicted molar refractivity (Wildman–Crippen MR) is 294 cm³/mol. The van der Waals surface area contributed by atoms with Gasteiger partial charge >= 0.3 is 0 Å². The van der Waals surface area contributed by atoms with Crippen LogP contribution in [-0.4, -0.2) is 62.4 Å². The van der Waals surface area contributed by atoms with E-state index in [-0.39, 0.29) is 23.6 Å². The summed E-state index contributed by atoms with van der Waals surface area (Å²) in [7, 11) is 1.88. The van der Waals surface area contributed by atoms with E-state index < -0.39 is 0 Å². The Hall–Kier alpha value is -2.41. The molecule has 3 N–H and O–H groups in total. The van der Waals surface area contributed by atoms with E-state index in [1.165, 1.54) is 148 Å². The van der Waals surface area contributed by atoms with Crippen molar-refractivity contribution in [1.82, 2.24) is 20.9 Å². The number of nitrogens with one attached hydrogen (secondary N) is 3. The normalized spacial score (nSPS) is 13.7. The molecule has 0 saturated heterocycles. The SMILES string of the molecule is C/C=C(C(=O)N(C)CCCCCCCCCCCCCCCCCCC)\C(=C/C(=CC(C)C(=O)NCC(CC)CCCC)CCNCCCCCCCCCC)C(=O)NCC(CC)CCCC. The lowest BCUT2D eigenvalue weighted by Gasteiger charge is -2.22. The molecule has 0 radical (unpaired) electrons. The molecule has 0 spiro atoms. The number of unbranched alkanes of at least 4 members (excludes halogenated alkanes) is 25. The maximum absolute atomic E-state index is 14.4. The average molecular weight is 940 g/mol. The Kier molecular flexibility index (Phi) is 45.6. The van der Waals surface area contributed by atoms with Crippen molar-refractivity contribution in [1.29, 1.82) is 0 Å².